The van der Waals surface area contributed by atoms with Gasteiger partial charge in [-0.25, -0.2) is 0 Å². The molecular weight excluding hydrogens is 182 g/mol. The summed E-state index contributed by atoms with van der Waals surface area (Å²) in [6, 6.07) is 2.08. The number of nitrogens with zero attached hydrogens (tertiary/aromatic N) is 1. The first-order chi connectivity index (χ1) is 7.41. The zero-order valence-electron chi connectivity index (χ0n) is 9.65. The monoisotopic (exact) mass is 203 g/mol. The number of rotatable bonds is 8. The van der Waals surface area contributed by atoms with E-state index >= 15 is 0 Å². The molecule has 0 fully saturated rings. The van der Waals surface area contributed by atoms with E-state index in [-0.39, 0.29) is 0 Å². The molecule has 0 aliphatic heterocycles. The molecule has 0 amide bonds. The lowest BCUT2D eigenvalue weighted by atomic mass is 10.1. The van der Waals surface area contributed by atoms with Gasteiger partial charge in [-0.15, -0.1) is 0 Å². The predicted octanol–water partition coefficient (Wildman–Crippen LogP) is 4.54. The Balaban J connectivity index is 3.21. The maximum Gasteiger partial charge on any atom is 0.0663 e. The van der Waals surface area contributed by atoms with Gasteiger partial charge in [0.2, 0.25) is 0 Å². The Morgan fingerprint density at radius 2 is 1.60 bits per heavy atom. The van der Waals surface area contributed by atoms with Crippen LogP contribution < -0.4 is 0 Å². The third-order valence-corrected chi connectivity index (χ3v) is 2.04. The molecular formula is C14H21N. The summed E-state index contributed by atoms with van der Waals surface area (Å²) >= 11 is 0. The molecule has 15 heavy (non-hydrogen) atoms. The van der Waals surface area contributed by atoms with Crippen LogP contribution in [0.4, 0.5) is 0 Å². The first kappa shape index (κ1) is 13.7. The molecule has 0 saturated heterocycles. The van der Waals surface area contributed by atoms with E-state index in [2.05, 4.69) is 37.3 Å². The van der Waals surface area contributed by atoms with Gasteiger partial charge in [0.05, 0.1) is 12.5 Å². The van der Waals surface area contributed by atoms with Crippen molar-refractivity contribution in [2.45, 2.75) is 45.4 Å². The minimum absolute atomic E-state index is 0.525. The van der Waals surface area contributed by atoms with Gasteiger partial charge in [-0.2, -0.15) is 5.26 Å². The average molecular weight is 203 g/mol. The summed E-state index contributed by atoms with van der Waals surface area (Å²) in [4.78, 5) is 0. The number of allylic oxidation sites excluding steroid dienone is 6. The second-order valence-corrected chi connectivity index (χ2v) is 3.39. The number of unbranched alkanes of at least 4 members (excludes halogenated alkanes) is 3. The van der Waals surface area contributed by atoms with E-state index in [9.17, 15) is 0 Å². The molecule has 0 rings (SSSR count). The van der Waals surface area contributed by atoms with Crippen molar-refractivity contribution in [1.82, 2.24) is 0 Å². The molecule has 0 aromatic rings. The van der Waals surface area contributed by atoms with Gasteiger partial charge >= 0.3 is 0 Å². The van der Waals surface area contributed by atoms with E-state index < -0.39 is 0 Å². The van der Waals surface area contributed by atoms with E-state index in [1.54, 1.807) is 0 Å². The van der Waals surface area contributed by atoms with Crippen LogP contribution in [0.2, 0.25) is 0 Å². The normalized spacial score (nSPS) is 11.7. The Morgan fingerprint density at radius 3 is 2.27 bits per heavy atom. The fourth-order valence-corrected chi connectivity index (χ4v) is 1.22. The molecule has 0 aliphatic carbocycles. The van der Waals surface area contributed by atoms with E-state index in [0.717, 1.165) is 6.42 Å². The minimum atomic E-state index is 0.525. The standard InChI is InChI=1S/C14H21N/c1-2-3-4-5-6-7-8-9-10-11-12-13-14-15/h2-3,8-9,11-12H,4-7,10,13H2,1H3/b3-2+,9-8+,12-11+. The quantitative estimate of drug-likeness (QED) is 0.419. The van der Waals surface area contributed by atoms with E-state index in [4.69, 9.17) is 5.26 Å². The zero-order valence-corrected chi connectivity index (χ0v) is 9.65. The highest BCUT2D eigenvalue weighted by Gasteiger charge is 1.82. The summed E-state index contributed by atoms with van der Waals surface area (Å²) in [6.45, 7) is 2.06. The topological polar surface area (TPSA) is 23.8 Å². The molecule has 0 spiro atoms. The van der Waals surface area contributed by atoms with Gasteiger partial charge in [0.25, 0.3) is 0 Å². The van der Waals surface area contributed by atoms with Gasteiger partial charge in [0, 0.05) is 0 Å². The maximum absolute atomic E-state index is 8.28. The summed E-state index contributed by atoms with van der Waals surface area (Å²) in [7, 11) is 0. The summed E-state index contributed by atoms with van der Waals surface area (Å²) in [5, 5.41) is 8.28. The first-order valence-corrected chi connectivity index (χ1v) is 5.70. The molecule has 0 aromatic heterocycles. The Bertz CT molecular complexity index is 241. The van der Waals surface area contributed by atoms with Crippen LogP contribution in [-0.2, 0) is 0 Å². The lowest BCUT2D eigenvalue weighted by Crippen LogP contribution is -1.72. The summed E-state index contributed by atoms with van der Waals surface area (Å²) in [5.41, 5.74) is 0. The average Bonchev–Trinajstić information content (AvgIpc) is 2.26. The van der Waals surface area contributed by atoms with Crippen LogP contribution in [0.15, 0.2) is 36.5 Å². The molecule has 0 aromatic carbocycles. The fraction of sp³-hybridized carbons (Fsp3) is 0.500. The molecule has 0 saturated carbocycles. The van der Waals surface area contributed by atoms with Crippen molar-refractivity contribution in [3.63, 3.8) is 0 Å². The largest absolute Gasteiger partial charge is 0.198 e. The van der Waals surface area contributed by atoms with Gasteiger partial charge in [0.1, 0.15) is 0 Å². The van der Waals surface area contributed by atoms with Gasteiger partial charge < -0.3 is 0 Å². The Hall–Kier alpha value is -1.29. The Kier molecular flexibility index (Phi) is 11.6. The molecule has 82 valence electrons. The van der Waals surface area contributed by atoms with E-state index in [1.165, 1.54) is 25.7 Å². The molecule has 1 heteroatoms. The lowest BCUT2D eigenvalue weighted by Gasteiger charge is -1.92. The highest BCUT2D eigenvalue weighted by molar-refractivity contribution is 4.96. The van der Waals surface area contributed by atoms with E-state index in [0.29, 0.717) is 6.42 Å². The second-order valence-electron chi connectivity index (χ2n) is 3.39. The zero-order chi connectivity index (χ0) is 11.2. The van der Waals surface area contributed by atoms with Gasteiger partial charge in [-0.05, 0) is 39.0 Å². The molecule has 0 bridgehead atoms. The number of hydrogen-bond acceptors (Lipinski definition) is 1. The third kappa shape index (κ3) is 12.7. The van der Waals surface area contributed by atoms with Gasteiger partial charge in [-0.3, -0.25) is 0 Å². The molecule has 0 atom stereocenters. The van der Waals surface area contributed by atoms with E-state index in [1.807, 2.05) is 12.2 Å². The van der Waals surface area contributed by atoms with Crippen LogP contribution in [0.1, 0.15) is 45.4 Å². The number of hydrogen-bond donors (Lipinski definition) is 0. The van der Waals surface area contributed by atoms with Crippen molar-refractivity contribution in [3.8, 4) is 6.07 Å². The number of nitriles is 1. The van der Waals surface area contributed by atoms with Crippen molar-refractivity contribution < 1.29 is 0 Å². The van der Waals surface area contributed by atoms with Crippen LogP contribution >= 0.6 is 0 Å². The fourth-order valence-electron chi connectivity index (χ4n) is 1.22. The van der Waals surface area contributed by atoms with Crippen LogP contribution in [-0.4, -0.2) is 0 Å². The van der Waals surface area contributed by atoms with Crippen LogP contribution in [0.3, 0.4) is 0 Å². The summed E-state index contributed by atoms with van der Waals surface area (Å²) < 4.78 is 0. The van der Waals surface area contributed by atoms with Crippen molar-refractivity contribution in [1.29, 1.82) is 5.26 Å². The van der Waals surface area contributed by atoms with Crippen molar-refractivity contribution in [3.05, 3.63) is 36.5 Å². The van der Waals surface area contributed by atoms with Crippen LogP contribution in [0.5, 0.6) is 0 Å². The SMILES string of the molecule is C/C=C/CCCC/C=C/C/C=C/CC#N. The molecule has 0 N–H and O–H groups in total. The smallest absolute Gasteiger partial charge is 0.0663 e. The highest BCUT2D eigenvalue weighted by atomic mass is 14.2. The lowest BCUT2D eigenvalue weighted by molar-refractivity contribution is 0.761. The predicted molar refractivity (Wildman–Crippen MR) is 66.4 cm³/mol. The van der Waals surface area contributed by atoms with Crippen molar-refractivity contribution >= 4 is 0 Å². The third-order valence-electron chi connectivity index (χ3n) is 2.04. The van der Waals surface area contributed by atoms with Crippen molar-refractivity contribution in [2.75, 3.05) is 0 Å². The second kappa shape index (κ2) is 12.7. The summed E-state index contributed by atoms with van der Waals surface area (Å²) in [5.74, 6) is 0. The molecule has 0 unspecified atom stereocenters. The van der Waals surface area contributed by atoms with Crippen LogP contribution in [0.25, 0.3) is 0 Å². The molecule has 0 radical (unpaired) electrons. The molecule has 0 aliphatic rings. The first-order valence-electron chi connectivity index (χ1n) is 5.70. The van der Waals surface area contributed by atoms with Gasteiger partial charge in [-0.1, -0.05) is 36.5 Å². The highest BCUT2D eigenvalue weighted by Crippen LogP contribution is 2.02. The van der Waals surface area contributed by atoms with Gasteiger partial charge in [0.15, 0.2) is 0 Å². The van der Waals surface area contributed by atoms with Crippen molar-refractivity contribution in [2.24, 2.45) is 0 Å². The summed E-state index contributed by atoms with van der Waals surface area (Å²) in [6.07, 6.45) is 19.1. The Labute approximate surface area is 93.8 Å². The maximum atomic E-state index is 8.28. The minimum Gasteiger partial charge on any atom is -0.198 e. The molecule has 1 nitrogen and oxygen atoms in total. The Morgan fingerprint density at radius 1 is 0.933 bits per heavy atom. The molecule has 0 heterocycles. The van der Waals surface area contributed by atoms with Crippen LogP contribution in [0, 0.1) is 11.3 Å².